The summed E-state index contributed by atoms with van der Waals surface area (Å²) in [5.74, 6) is 0.354. The first-order chi connectivity index (χ1) is 9.60. The molecule has 0 atom stereocenters. The number of hydrogen-bond acceptors (Lipinski definition) is 3. The molecular weight excluding hydrogens is 327 g/mol. The zero-order valence-electron chi connectivity index (χ0n) is 10.7. The molecule has 1 aromatic carbocycles. The van der Waals surface area contributed by atoms with Crippen molar-refractivity contribution in [3.63, 3.8) is 0 Å². The Morgan fingerprint density at radius 2 is 2.20 bits per heavy atom. The number of carbonyl (C=O) groups is 1. The first kappa shape index (κ1) is 14.5. The second-order valence-corrected chi connectivity index (χ2v) is 4.77. The second kappa shape index (κ2) is 6.52. The molecule has 0 amide bonds. The van der Waals surface area contributed by atoms with Crippen molar-refractivity contribution in [2.45, 2.75) is 6.92 Å². The molecule has 0 aliphatic heterocycles. The molecule has 1 heterocycles. The van der Waals surface area contributed by atoms with Gasteiger partial charge in [0.15, 0.2) is 0 Å². The summed E-state index contributed by atoms with van der Waals surface area (Å²) in [5.41, 5.74) is 0.738. The molecule has 0 N–H and O–H groups in total. The minimum Gasteiger partial charge on any atom is -0.463 e. The van der Waals surface area contributed by atoms with E-state index in [1.165, 1.54) is 24.3 Å². The summed E-state index contributed by atoms with van der Waals surface area (Å²) in [4.78, 5) is 11.2. The Balaban J connectivity index is 2.18. The number of furan rings is 1. The topological polar surface area (TPSA) is 39.4 Å². The van der Waals surface area contributed by atoms with Gasteiger partial charge in [-0.2, -0.15) is 0 Å². The minimum absolute atomic E-state index is 0.324. The van der Waals surface area contributed by atoms with Crippen LogP contribution in [0.2, 0.25) is 0 Å². The fourth-order valence-corrected chi connectivity index (χ4v) is 2.16. The van der Waals surface area contributed by atoms with E-state index >= 15 is 0 Å². The highest BCUT2D eigenvalue weighted by Gasteiger charge is 2.08. The Morgan fingerprint density at radius 1 is 1.40 bits per heavy atom. The normalized spacial score (nSPS) is 10.9. The molecule has 0 saturated carbocycles. The molecule has 1 aromatic heterocycles. The smallest absolute Gasteiger partial charge is 0.330 e. The van der Waals surface area contributed by atoms with Crippen LogP contribution in [0.5, 0.6) is 0 Å². The van der Waals surface area contributed by atoms with Crippen molar-refractivity contribution in [3.05, 3.63) is 52.5 Å². The van der Waals surface area contributed by atoms with E-state index in [2.05, 4.69) is 15.9 Å². The van der Waals surface area contributed by atoms with Crippen LogP contribution in [0.1, 0.15) is 12.7 Å². The van der Waals surface area contributed by atoms with Gasteiger partial charge in [-0.25, -0.2) is 9.18 Å². The van der Waals surface area contributed by atoms with Crippen LogP contribution in [-0.2, 0) is 9.53 Å². The minimum atomic E-state index is -0.423. The first-order valence-electron chi connectivity index (χ1n) is 6.00. The third kappa shape index (κ3) is 3.57. The van der Waals surface area contributed by atoms with Crippen LogP contribution in [0.4, 0.5) is 4.39 Å². The molecule has 2 rings (SSSR count). The van der Waals surface area contributed by atoms with E-state index in [1.54, 1.807) is 25.1 Å². The van der Waals surface area contributed by atoms with Gasteiger partial charge in [-0.05, 0) is 59.3 Å². The molecular formula is C15H12BrFO3. The van der Waals surface area contributed by atoms with Gasteiger partial charge < -0.3 is 9.15 Å². The van der Waals surface area contributed by atoms with Gasteiger partial charge >= 0.3 is 5.97 Å². The van der Waals surface area contributed by atoms with Gasteiger partial charge in [0.25, 0.3) is 0 Å². The number of carbonyl (C=O) groups excluding carboxylic acids is 1. The molecule has 0 saturated heterocycles. The van der Waals surface area contributed by atoms with Crippen molar-refractivity contribution in [2.24, 2.45) is 0 Å². The standard InChI is InChI=1S/C15H12BrFO3/c1-2-19-15(18)8-5-11-4-7-14(20-11)12-6-3-10(17)9-13(12)16/h3-9H,2H2,1H3/b8-5+. The molecule has 0 aliphatic rings. The van der Waals surface area contributed by atoms with Gasteiger partial charge in [0.05, 0.1) is 6.61 Å². The maximum Gasteiger partial charge on any atom is 0.330 e. The number of halogens is 2. The fourth-order valence-electron chi connectivity index (χ4n) is 1.62. The van der Waals surface area contributed by atoms with E-state index in [9.17, 15) is 9.18 Å². The van der Waals surface area contributed by atoms with Crippen LogP contribution < -0.4 is 0 Å². The van der Waals surface area contributed by atoms with Crippen molar-refractivity contribution in [1.82, 2.24) is 0 Å². The number of benzene rings is 1. The maximum atomic E-state index is 13.0. The highest BCUT2D eigenvalue weighted by Crippen LogP contribution is 2.30. The summed E-state index contributed by atoms with van der Waals surface area (Å²) >= 11 is 3.28. The number of rotatable bonds is 4. The van der Waals surface area contributed by atoms with Crippen LogP contribution in [0.25, 0.3) is 17.4 Å². The van der Waals surface area contributed by atoms with Gasteiger partial charge in [-0.15, -0.1) is 0 Å². The molecule has 0 bridgehead atoms. The Kier molecular flexibility index (Phi) is 4.74. The average Bonchev–Trinajstić information content (AvgIpc) is 2.85. The van der Waals surface area contributed by atoms with E-state index in [4.69, 9.17) is 9.15 Å². The van der Waals surface area contributed by atoms with Crippen molar-refractivity contribution in [3.8, 4) is 11.3 Å². The van der Waals surface area contributed by atoms with Crippen LogP contribution >= 0.6 is 15.9 Å². The quantitative estimate of drug-likeness (QED) is 0.611. The van der Waals surface area contributed by atoms with E-state index in [1.807, 2.05) is 0 Å². The summed E-state index contributed by atoms with van der Waals surface area (Å²) in [6, 6.07) is 7.82. The molecule has 3 nitrogen and oxygen atoms in total. The number of esters is 1. The lowest BCUT2D eigenvalue weighted by atomic mass is 10.2. The summed E-state index contributed by atoms with van der Waals surface area (Å²) in [7, 11) is 0. The summed E-state index contributed by atoms with van der Waals surface area (Å²) < 4.78 is 24.0. The van der Waals surface area contributed by atoms with E-state index in [0.29, 0.717) is 22.6 Å². The van der Waals surface area contributed by atoms with Crippen molar-refractivity contribution in [2.75, 3.05) is 6.61 Å². The highest BCUT2D eigenvalue weighted by molar-refractivity contribution is 9.10. The summed E-state index contributed by atoms with van der Waals surface area (Å²) in [6.45, 7) is 2.07. The predicted molar refractivity (Wildman–Crippen MR) is 77.5 cm³/mol. The molecule has 0 aliphatic carbocycles. The average molecular weight is 339 g/mol. The van der Waals surface area contributed by atoms with Gasteiger partial charge in [0.1, 0.15) is 17.3 Å². The number of hydrogen-bond donors (Lipinski definition) is 0. The Hall–Kier alpha value is -1.88. The summed E-state index contributed by atoms with van der Waals surface area (Å²) in [6.07, 6.45) is 2.82. The van der Waals surface area contributed by atoms with Crippen molar-refractivity contribution < 1.29 is 18.3 Å². The van der Waals surface area contributed by atoms with Crippen molar-refractivity contribution >= 4 is 28.0 Å². The first-order valence-corrected chi connectivity index (χ1v) is 6.79. The Labute approximate surface area is 124 Å². The molecule has 0 radical (unpaired) electrons. The third-order valence-corrected chi connectivity index (χ3v) is 3.15. The van der Waals surface area contributed by atoms with Crippen molar-refractivity contribution in [1.29, 1.82) is 0 Å². The monoisotopic (exact) mass is 338 g/mol. The molecule has 104 valence electrons. The molecule has 0 unspecified atom stereocenters. The highest BCUT2D eigenvalue weighted by atomic mass is 79.9. The fraction of sp³-hybridized carbons (Fsp3) is 0.133. The van der Waals surface area contributed by atoms with Crippen LogP contribution in [0, 0.1) is 5.82 Å². The lowest BCUT2D eigenvalue weighted by molar-refractivity contribution is -0.137. The lowest BCUT2D eigenvalue weighted by Gasteiger charge is -2.00. The molecule has 0 fully saturated rings. The molecule has 5 heteroatoms. The Bertz CT molecular complexity index is 646. The van der Waals surface area contributed by atoms with Gasteiger partial charge in [0, 0.05) is 16.1 Å². The zero-order valence-corrected chi connectivity index (χ0v) is 12.3. The Morgan fingerprint density at radius 3 is 2.90 bits per heavy atom. The van der Waals surface area contributed by atoms with Gasteiger partial charge in [-0.3, -0.25) is 0 Å². The van der Waals surface area contributed by atoms with Gasteiger partial charge in [-0.1, -0.05) is 0 Å². The zero-order chi connectivity index (χ0) is 14.5. The van der Waals surface area contributed by atoms with Crippen LogP contribution in [0.15, 0.2) is 45.3 Å². The van der Waals surface area contributed by atoms with E-state index in [-0.39, 0.29) is 5.82 Å². The third-order valence-electron chi connectivity index (χ3n) is 2.49. The van der Waals surface area contributed by atoms with E-state index < -0.39 is 5.97 Å². The molecule has 20 heavy (non-hydrogen) atoms. The largest absolute Gasteiger partial charge is 0.463 e. The molecule has 0 spiro atoms. The maximum absolute atomic E-state index is 13.0. The van der Waals surface area contributed by atoms with Crippen LogP contribution in [0.3, 0.4) is 0 Å². The summed E-state index contributed by atoms with van der Waals surface area (Å²) in [5, 5.41) is 0. The predicted octanol–water partition coefficient (Wildman–Crippen LogP) is 4.42. The number of ether oxygens (including phenoxy) is 1. The second-order valence-electron chi connectivity index (χ2n) is 3.91. The molecule has 2 aromatic rings. The SMILES string of the molecule is CCOC(=O)/C=C/c1ccc(-c2ccc(F)cc2Br)o1. The lowest BCUT2D eigenvalue weighted by Crippen LogP contribution is -1.98. The van der Waals surface area contributed by atoms with Gasteiger partial charge in [0.2, 0.25) is 0 Å². The van der Waals surface area contributed by atoms with E-state index in [0.717, 1.165) is 5.56 Å². The van der Waals surface area contributed by atoms with Crippen LogP contribution in [-0.4, -0.2) is 12.6 Å².